The van der Waals surface area contributed by atoms with Crippen molar-refractivity contribution in [2.24, 2.45) is 0 Å². The first-order valence-electron chi connectivity index (χ1n) is 8.31. The van der Waals surface area contributed by atoms with E-state index < -0.39 is 0 Å². The van der Waals surface area contributed by atoms with Crippen LogP contribution in [0.4, 0.5) is 5.69 Å². The average Bonchev–Trinajstić information content (AvgIpc) is 3.10. The summed E-state index contributed by atoms with van der Waals surface area (Å²) in [5, 5.41) is 23.9. The predicted molar refractivity (Wildman–Crippen MR) is 104 cm³/mol. The molecule has 0 fully saturated rings. The molecule has 0 radical (unpaired) electrons. The van der Waals surface area contributed by atoms with Gasteiger partial charge in [0.05, 0.1) is 23.9 Å². The van der Waals surface area contributed by atoms with Crippen LogP contribution in [0.15, 0.2) is 47.6 Å². The number of amides is 1. The molecule has 0 spiro atoms. The fraction of sp³-hybridized carbons (Fsp3) is 0.211. The third-order valence-electron chi connectivity index (χ3n) is 3.75. The molecule has 27 heavy (non-hydrogen) atoms. The van der Waals surface area contributed by atoms with Crippen LogP contribution in [0.2, 0.25) is 0 Å². The van der Waals surface area contributed by atoms with Crippen molar-refractivity contribution in [3.8, 4) is 11.8 Å². The molecule has 0 bridgehead atoms. The minimum absolute atomic E-state index is 0.150. The summed E-state index contributed by atoms with van der Waals surface area (Å²) >= 11 is 1.27. The molecule has 8 heteroatoms. The number of aryl methyl sites for hydroxylation is 2. The van der Waals surface area contributed by atoms with E-state index in [1.165, 1.54) is 11.8 Å². The van der Waals surface area contributed by atoms with Crippen LogP contribution in [-0.2, 0) is 11.2 Å². The normalized spacial score (nSPS) is 10.4. The van der Waals surface area contributed by atoms with Gasteiger partial charge in [-0.15, -0.1) is 5.10 Å². The molecule has 0 aliphatic heterocycles. The molecule has 0 aliphatic rings. The zero-order valence-electron chi connectivity index (χ0n) is 15.0. The Morgan fingerprint density at radius 1 is 1.19 bits per heavy atom. The van der Waals surface area contributed by atoms with Gasteiger partial charge in [0.2, 0.25) is 11.1 Å². The van der Waals surface area contributed by atoms with Crippen molar-refractivity contribution in [3.63, 3.8) is 0 Å². The number of nitrogens with one attached hydrogen (secondary N) is 1. The van der Waals surface area contributed by atoms with E-state index in [-0.39, 0.29) is 11.7 Å². The van der Waals surface area contributed by atoms with Gasteiger partial charge >= 0.3 is 0 Å². The van der Waals surface area contributed by atoms with E-state index in [4.69, 9.17) is 5.26 Å². The van der Waals surface area contributed by atoms with Crippen LogP contribution in [0, 0.1) is 25.2 Å². The lowest BCUT2D eigenvalue weighted by Gasteiger charge is -2.07. The van der Waals surface area contributed by atoms with E-state index in [1.54, 1.807) is 16.8 Å². The number of hydrogen-bond donors (Lipinski definition) is 1. The van der Waals surface area contributed by atoms with E-state index in [0.29, 0.717) is 17.3 Å². The highest BCUT2D eigenvalue weighted by Gasteiger charge is 2.12. The predicted octanol–water partition coefficient (Wildman–Crippen LogP) is 3.08. The van der Waals surface area contributed by atoms with Gasteiger partial charge in [-0.2, -0.15) is 9.94 Å². The molecule has 1 heterocycles. The van der Waals surface area contributed by atoms with Crippen LogP contribution in [0.25, 0.3) is 5.69 Å². The van der Waals surface area contributed by atoms with Gasteiger partial charge in [0.25, 0.3) is 0 Å². The summed E-state index contributed by atoms with van der Waals surface area (Å²) in [6, 6.07) is 15.4. The minimum atomic E-state index is -0.150. The average molecular weight is 378 g/mol. The van der Waals surface area contributed by atoms with Crippen LogP contribution in [0.5, 0.6) is 0 Å². The van der Waals surface area contributed by atoms with E-state index >= 15 is 0 Å². The SMILES string of the molecule is Cc1cc(C)cc(-n2nnnc2SCC(=O)Nc2ccc(CC#N)cc2)c1. The van der Waals surface area contributed by atoms with Crippen molar-refractivity contribution < 1.29 is 4.79 Å². The number of rotatable bonds is 6. The summed E-state index contributed by atoms with van der Waals surface area (Å²) in [7, 11) is 0. The first-order chi connectivity index (χ1) is 13.0. The molecule has 0 atom stereocenters. The number of carbonyl (C=O) groups excluding carboxylic acids is 1. The van der Waals surface area contributed by atoms with E-state index in [9.17, 15) is 4.79 Å². The van der Waals surface area contributed by atoms with Crippen LogP contribution >= 0.6 is 11.8 Å². The first-order valence-corrected chi connectivity index (χ1v) is 9.29. The lowest BCUT2D eigenvalue weighted by atomic mass is 10.1. The summed E-state index contributed by atoms with van der Waals surface area (Å²) in [6.07, 6.45) is 0.352. The van der Waals surface area contributed by atoms with E-state index in [2.05, 4.69) is 33.0 Å². The minimum Gasteiger partial charge on any atom is -0.325 e. The quantitative estimate of drug-likeness (QED) is 0.662. The Balaban J connectivity index is 1.63. The third-order valence-corrected chi connectivity index (χ3v) is 4.66. The molecule has 0 saturated carbocycles. The van der Waals surface area contributed by atoms with Crippen LogP contribution in [0.3, 0.4) is 0 Å². The molecule has 1 aromatic heterocycles. The second-order valence-electron chi connectivity index (χ2n) is 6.09. The fourth-order valence-corrected chi connectivity index (χ4v) is 3.32. The lowest BCUT2D eigenvalue weighted by Crippen LogP contribution is -2.14. The molecule has 0 unspecified atom stereocenters. The Morgan fingerprint density at radius 2 is 1.89 bits per heavy atom. The van der Waals surface area contributed by atoms with Gasteiger partial charge in [0.1, 0.15) is 0 Å². The highest BCUT2D eigenvalue weighted by Crippen LogP contribution is 2.20. The van der Waals surface area contributed by atoms with E-state index in [0.717, 1.165) is 22.4 Å². The lowest BCUT2D eigenvalue weighted by molar-refractivity contribution is -0.113. The van der Waals surface area contributed by atoms with Crippen LogP contribution in [0.1, 0.15) is 16.7 Å². The number of anilines is 1. The first kappa shape index (κ1) is 18.6. The van der Waals surface area contributed by atoms with E-state index in [1.807, 2.05) is 38.1 Å². The zero-order chi connectivity index (χ0) is 19.2. The summed E-state index contributed by atoms with van der Waals surface area (Å²) in [4.78, 5) is 12.2. The molecule has 1 amide bonds. The number of aromatic nitrogens is 4. The van der Waals surface area contributed by atoms with Gasteiger partial charge in [0.15, 0.2) is 0 Å². The summed E-state index contributed by atoms with van der Waals surface area (Å²) in [5.74, 6) is 0.0356. The van der Waals surface area contributed by atoms with Crippen LogP contribution in [-0.4, -0.2) is 31.9 Å². The highest BCUT2D eigenvalue weighted by molar-refractivity contribution is 7.99. The largest absolute Gasteiger partial charge is 0.325 e. The molecular weight excluding hydrogens is 360 g/mol. The van der Waals surface area contributed by atoms with Crippen molar-refractivity contribution in [3.05, 3.63) is 59.2 Å². The maximum atomic E-state index is 12.2. The molecule has 0 aliphatic carbocycles. The maximum Gasteiger partial charge on any atom is 0.234 e. The Hall–Kier alpha value is -3.18. The Morgan fingerprint density at radius 3 is 2.56 bits per heavy atom. The zero-order valence-corrected chi connectivity index (χ0v) is 15.8. The number of nitrogens with zero attached hydrogens (tertiary/aromatic N) is 5. The highest BCUT2D eigenvalue weighted by atomic mass is 32.2. The van der Waals surface area contributed by atoms with Crippen molar-refractivity contribution in [2.45, 2.75) is 25.4 Å². The number of hydrogen-bond acceptors (Lipinski definition) is 6. The number of nitriles is 1. The summed E-state index contributed by atoms with van der Waals surface area (Å²) in [6.45, 7) is 4.03. The molecule has 1 N–H and O–H groups in total. The second-order valence-corrected chi connectivity index (χ2v) is 7.03. The third kappa shape index (κ3) is 4.92. The smallest absolute Gasteiger partial charge is 0.234 e. The van der Waals surface area contributed by atoms with Crippen LogP contribution < -0.4 is 5.32 Å². The molecule has 3 aromatic rings. The number of carbonyl (C=O) groups is 1. The fourth-order valence-electron chi connectivity index (χ4n) is 2.63. The topological polar surface area (TPSA) is 96.5 Å². The van der Waals surface area contributed by atoms with Crippen molar-refractivity contribution in [2.75, 3.05) is 11.1 Å². The number of tetrazole rings is 1. The second kappa shape index (κ2) is 8.47. The van der Waals surface area contributed by atoms with Gasteiger partial charge in [-0.3, -0.25) is 4.79 Å². The Kier molecular flexibility index (Phi) is 5.84. The standard InChI is InChI=1S/C19H18N6OS/c1-13-9-14(2)11-17(10-13)25-19(22-23-24-25)27-12-18(26)21-16-5-3-15(4-6-16)7-8-20/h3-6,9-11H,7,12H2,1-2H3,(H,21,26). The molecule has 136 valence electrons. The summed E-state index contributed by atoms with van der Waals surface area (Å²) < 4.78 is 1.63. The molecule has 7 nitrogen and oxygen atoms in total. The monoisotopic (exact) mass is 378 g/mol. The molecule has 3 rings (SSSR count). The van der Waals surface area contributed by atoms with Gasteiger partial charge in [0, 0.05) is 5.69 Å². The Labute approximate surface area is 161 Å². The Bertz CT molecular complexity index is 970. The number of thioether (sulfide) groups is 1. The van der Waals surface area contributed by atoms with Crippen molar-refractivity contribution in [1.82, 2.24) is 20.2 Å². The molecule has 0 saturated heterocycles. The molecular formula is C19H18N6OS. The van der Waals surface area contributed by atoms with Gasteiger partial charge in [-0.05, 0) is 65.2 Å². The number of benzene rings is 2. The molecule has 2 aromatic carbocycles. The van der Waals surface area contributed by atoms with Crippen molar-refractivity contribution >= 4 is 23.4 Å². The maximum absolute atomic E-state index is 12.2. The van der Waals surface area contributed by atoms with Gasteiger partial charge < -0.3 is 5.32 Å². The van der Waals surface area contributed by atoms with Gasteiger partial charge in [-0.1, -0.05) is 30.0 Å². The van der Waals surface area contributed by atoms with Crippen molar-refractivity contribution in [1.29, 1.82) is 5.26 Å². The van der Waals surface area contributed by atoms with Gasteiger partial charge in [-0.25, -0.2) is 0 Å². The summed E-state index contributed by atoms with van der Waals surface area (Å²) in [5.41, 5.74) is 4.71.